The molecule has 3 saturated heterocycles. The minimum atomic E-state index is -0.581. The van der Waals surface area contributed by atoms with Crippen molar-refractivity contribution in [1.29, 1.82) is 0 Å². The van der Waals surface area contributed by atoms with Crippen LogP contribution in [0.1, 0.15) is 79.1 Å². The SMILES string of the molecule is C[C@H]1[C@@H]2CC(=O)O[C@H]([C@@H]3C[C@H]3C)C[C@@H]3C[C@H](O)[C@@H](C)[C@H](CC(=O)O[C@H]([C@@H]4C[C@H]4C)C[C@H](C[C@@H]1O)O2)O3. The van der Waals surface area contributed by atoms with Gasteiger partial charge < -0.3 is 29.2 Å². The Morgan fingerprint density at radius 2 is 0.944 bits per heavy atom. The van der Waals surface area contributed by atoms with Gasteiger partial charge in [0.15, 0.2) is 0 Å². The zero-order valence-corrected chi connectivity index (χ0v) is 22.1. The predicted molar refractivity (Wildman–Crippen MR) is 130 cm³/mol. The Balaban J connectivity index is 1.38. The lowest BCUT2D eigenvalue weighted by Gasteiger charge is -2.41. The van der Waals surface area contributed by atoms with E-state index >= 15 is 0 Å². The highest BCUT2D eigenvalue weighted by atomic mass is 16.6. The van der Waals surface area contributed by atoms with E-state index in [1.54, 1.807) is 0 Å². The van der Waals surface area contributed by atoms with E-state index in [2.05, 4.69) is 13.8 Å². The van der Waals surface area contributed by atoms with Crippen LogP contribution < -0.4 is 0 Å². The third-order valence-electron chi connectivity index (χ3n) is 9.72. The molecule has 8 nitrogen and oxygen atoms in total. The van der Waals surface area contributed by atoms with Crippen molar-refractivity contribution in [3.8, 4) is 0 Å². The van der Waals surface area contributed by atoms with Gasteiger partial charge in [-0.25, -0.2) is 0 Å². The summed E-state index contributed by atoms with van der Waals surface area (Å²) in [7, 11) is 0. The van der Waals surface area contributed by atoms with Crippen molar-refractivity contribution >= 4 is 11.9 Å². The molecule has 0 aromatic heterocycles. The Bertz CT molecular complexity index is 751. The number of aliphatic hydroxyl groups is 2. The molecule has 36 heavy (non-hydrogen) atoms. The lowest BCUT2D eigenvalue weighted by atomic mass is 9.86. The first-order valence-corrected chi connectivity index (χ1v) is 14.1. The van der Waals surface area contributed by atoms with Gasteiger partial charge in [0.1, 0.15) is 12.2 Å². The van der Waals surface area contributed by atoms with Gasteiger partial charge >= 0.3 is 11.9 Å². The fraction of sp³-hybridized carbons (Fsp3) is 0.929. The molecule has 4 bridgehead atoms. The normalized spacial score (nSPS) is 52.2. The van der Waals surface area contributed by atoms with Crippen molar-refractivity contribution in [2.45, 2.75) is 128 Å². The number of fused-ring (bicyclic) bond motifs is 4. The number of carbonyl (C=O) groups is 2. The Morgan fingerprint density at radius 1 is 0.583 bits per heavy atom. The van der Waals surface area contributed by atoms with E-state index in [1.165, 1.54) is 0 Å². The third kappa shape index (κ3) is 5.92. The standard InChI is InChI=1S/C28H44O8/c1-13-5-19(13)25-9-17-7-21(29)15(3)24(33-17)12-28(32)36-26(20-6-14(20)2)10-18-8-22(30)16(4)23(34-18)11-27(31)35-25/h13-26,29-30H,5-12H2,1-4H3/t13-,14-,15-,16-,17+,18+,19-,20-,21+,22+,23+,24+,25+,26+/m1/s1. The number of rotatable bonds is 2. The molecule has 0 aromatic carbocycles. The maximum atomic E-state index is 13.1. The summed E-state index contributed by atoms with van der Waals surface area (Å²) in [5.74, 6) is 0.513. The van der Waals surface area contributed by atoms with Crippen LogP contribution in [-0.4, -0.2) is 71.0 Å². The van der Waals surface area contributed by atoms with E-state index in [0.717, 1.165) is 12.8 Å². The molecule has 2 N–H and O–H groups in total. The first kappa shape index (κ1) is 26.4. The molecule has 0 aromatic rings. The van der Waals surface area contributed by atoms with Crippen LogP contribution in [0.4, 0.5) is 0 Å². The summed E-state index contributed by atoms with van der Waals surface area (Å²) in [4.78, 5) is 26.2. The van der Waals surface area contributed by atoms with E-state index in [0.29, 0.717) is 37.5 Å². The van der Waals surface area contributed by atoms with Crippen LogP contribution in [0.3, 0.4) is 0 Å². The Labute approximate surface area is 214 Å². The van der Waals surface area contributed by atoms with Crippen molar-refractivity contribution < 1.29 is 38.7 Å². The van der Waals surface area contributed by atoms with Crippen molar-refractivity contribution in [3.05, 3.63) is 0 Å². The number of ether oxygens (including phenoxy) is 4. The lowest BCUT2D eigenvalue weighted by molar-refractivity contribution is -0.184. The molecule has 5 rings (SSSR count). The van der Waals surface area contributed by atoms with Gasteiger partial charge in [-0.15, -0.1) is 0 Å². The van der Waals surface area contributed by atoms with Gasteiger partial charge in [0.05, 0.1) is 49.5 Å². The quantitative estimate of drug-likeness (QED) is 0.548. The smallest absolute Gasteiger partial charge is 0.308 e. The number of cyclic esters (lactones) is 2. The second kappa shape index (κ2) is 10.5. The van der Waals surface area contributed by atoms with Crippen LogP contribution >= 0.6 is 0 Å². The minimum Gasteiger partial charge on any atom is -0.462 e. The summed E-state index contributed by atoms with van der Waals surface area (Å²) >= 11 is 0. The Kier molecular flexibility index (Phi) is 7.70. The van der Waals surface area contributed by atoms with Gasteiger partial charge in [-0.05, 0) is 36.5 Å². The van der Waals surface area contributed by atoms with E-state index < -0.39 is 24.4 Å². The second-order valence-electron chi connectivity index (χ2n) is 12.6. The maximum absolute atomic E-state index is 13.1. The molecule has 0 radical (unpaired) electrons. The molecule has 0 spiro atoms. The van der Waals surface area contributed by atoms with Crippen LogP contribution in [0.15, 0.2) is 0 Å². The highest BCUT2D eigenvalue weighted by molar-refractivity contribution is 5.71. The van der Waals surface area contributed by atoms with E-state index in [-0.39, 0.29) is 72.9 Å². The molecule has 3 heterocycles. The highest BCUT2D eigenvalue weighted by Gasteiger charge is 2.48. The van der Waals surface area contributed by atoms with E-state index in [4.69, 9.17) is 18.9 Å². The first-order valence-electron chi connectivity index (χ1n) is 14.1. The van der Waals surface area contributed by atoms with Gasteiger partial charge in [-0.3, -0.25) is 9.59 Å². The first-order chi connectivity index (χ1) is 17.1. The molecule has 14 atom stereocenters. The van der Waals surface area contributed by atoms with E-state index in [9.17, 15) is 19.8 Å². The summed E-state index contributed by atoms with van der Waals surface area (Å²) in [5, 5.41) is 21.5. The molecule has 8 heteroatoms. The van der Waals surface area contributed by atoms with Crippen LogP contribution in [0.25, 0.3) is 0 Å². The Hall–Kier alpha value is -1.22. The molecule has 2 saturated carbocycles. The Morgan fingerprint density at radius 3 is 1.28 bits per heavy atom. The third-order valence-corrected chi connectivity index (χ3v) is 9.72. The fourth-order valence-corrected chi connectivity index (χ4v) is 6.73. The zero-order valence-electron chi connectivity index (χ0n) is 22.1. The molecule has 204 valence electrons. The molecule has 2 aliphatic carbocycles. The van der Waals surface area contributed by atoms with Gasteiger partial charge in [0.25, 0.3) is 0 Å². The summed E-state index contributed by atoms with van der Waals surface area (Å²) < 4.78 is 24.7. The average Bonchev–Trinajstić information content (AvgIpc) is 3.71. The van der Waals surface area contributed by atoms with Crippen LogP contribution in [0.2, 0.25) is 0 Å². The number of esters is 2. The maximum Gasteiger partial charge on any atom is 0.308 e. The summed E-state index contributed by atoms with van der Waals surface area (Å²) in [6.07, 6.45) is 0.888. The van der Waals surface area contributed by atoms with Crippen molar-refractivity contribution in [1.82, 2.24) is 0 Å². The van der Waals surface area contributed by atoms with Gasteiger partial charge in [0.2, 0.25) is 0 Å². The number of hydrogen-bond acceptors (Lipinski definition) is 8. The average molecular weight is 509 g/mol. The van der Waals surface area contributed by atoms with Crippen LogP contribution in [-0.2, 0) is 28.5 Å². The molecule has 5 fully saturated rings. The van der Waals surface area contributed by atoms with Crippen molar-refractivity contribution in [2.75, 3.05) is 0 Å². The lowest BCUT2D eigenvalue weighted by Crippen LogP contribution is -2.47. The molecule has 0 unspecified atom stereocenters. The summed E-state index contributed by atoms with van der Waals surface area (Å²) in [5.41, 5.74) is 0. The highest BCUT2D eigenvalue weighted by Crippen LogP contribution is 2.46. The number of aliphatic hydroxyl groups excluding tert-OH is 2. The van der Waals surface area contributed by atoms with Gasteiger partial charge in [-0.2, -0.15) is 0 Å². The molecular formula is C28H44O8. The number of carbonyl (C=O) groups excluding carboxylic acids is 2. The fourth-order valence-electron chi connectivity index (χ4n) is 6.73. The van der Waals surface area contributed by atoms with Crippen molar-refractivity contribution in [2.24, 2.45) is 35.5 Å². The minimum absolute atomic E-state index is 0.0877. The van der Waals surface area contributed by atoms with Crippen LogP contribution in [0, 0.1) is 35.5 Å². The molecule has 5 aliphatic rings. The molecule has 0 amide bonds. The van der Waals surface area contributed by atoms with Gasteiger partial charge in [0, 0.05) is 37.5 Å². The predicted octanol–water partition coefficient (Wildman–Crippen LogP) is 3.01. The number of hydrogen-bond donors (Lipinski definition) is 2. The monoisotopic (exact) mass is 508 g/mol. The van der Waals surface area contributed by atoms with Gasteiger partial charge in [-0.1, -0.05) is 27.7 Å². The summed E-state index contributed by atoms with van der Waals surface area (Å²) in [6.45, 7) is 8.13. The van der Waals surface area contributed by atoms with Crippen LogP contribution in [0.5, 0.6) is 0 Å². The molecule has 3 aliphatic heterocycles. The zero-order chi connectivity index (χ0) is 25.7. The van der Waals surface area contributed by atoms with E-state index in [1.807, 2.05) is 13.8 Å². The summed E-state index contributed by atoms with van der Waals surface area (Å²) in [6, 6.07) is 0. The second-order valence-corrected chi connectivity index (χ2v) is 12.6. The topological polar surface area (TPSA) is 112 Å². The van der Waals surface area contributed by atoms with Crippen molar-refractivity contribution in [3.63, 3.8) is 0 Å². The molecular weight excluding hydrogens is 464 g/mol. The largest absolute Gasteiger partial charge is 0.462 e.